The summed E-state index contributed by atoms with van der Waals surface area (Å²) in [4.78, 5) is 2.47. The molecule has 0 aromatic heterocycles. The van der Waals surface area contributed by atoms with Gasteiger partial charge in [0, 0.05) is 23.7 Å². The lowest BCUT2D eigenvalue weighted by Crippen LogP contribution is -2.38. The van der Waals surface area contributed by atoms with E-state index in [0.29, 0.717) is 6.04 Å². The Hall–Kier alpha value is -1.18. The fourth-order valence-electron chi connectivity index (χ4n) is 2.68. The summed E-state index contributed by atoms with van der Waals surface area (Å²) < 4.78 is 5.32. The van der Waals surface area contributed by atoms with E-state index in [-0.39, 0.29) is 5.41 Å². The van der Waals surface area contributed by atoms with Gasteiger partial charge in [0.2, 0.25) is 0 Å². The summed E-state index contributed by atoms with van der Waals surface area (Å²) in [6.45, 7) is 10.2. The monoisotopic (exact) mass is 219 g/mol. The Bertz CT molecular complexity index is 398. The summed E-state index contributed by atoms with van der Waals surface area (Å²) in [7, 11) is 1.73. The Morgan fingerprint density at radius 3 is 2.62 bits per heavy atom. The van der Waals surface area contributed by atoms with Crippen molar-refractivity contribution in [3.05, 3.63) is 23.8 Å². The number of methoxy groups -OCH3 is 1. The van der Waals surface area contributed by atoms with E-state index in [4.69, 9.17) is 4.74 Å². The van der Waals surface area contributed by atoms with Crippen molar-refractivity contribution < 1.29 is 4.74 Å². The van der Waals surface area contributed by atoms with Crippen LogP contribution in [-0.2, 0) is 5.41 Å². The molecule has 0 aliphatic carbocycles. The van der Waals surface area contributed by atoms with Crippen LogP contribution >= 0.6 is 0 Å². The molecular weight excluding hydrogens is 198 g/mol. The highest BCUT2D eigenvalue weighted by molar-refractivity contribution is 5.65. The minimum absolute atomic E-state index is 0.194. The van der Waals surface area contributed by atoms with E-state index in [9.17, 15) is 0 Å². The van der Waals surface area contributed by atoms with Crippen LogP contribution in [0, 0.1) is 0 Å². The van der Waals surface area contributed by atoms with Crippen LogP contribution in [0.4, 0.5) is 5.69 Å². The highest BCUT2D eigenvalue weighted by Gasteiger charge is 2.41. The first kappa shape index (κ1) is 11.3. The van der Waals surface area contributed by atoms with Gasteiger partial charge in [0.05, 0.1) is 7.11 Å². The largest absolute Gasteiger partial charge is 0.497 e. The summed E-state index contributed by atoms with van der Waals surface area (Å²) in [5.74, 6) is 0.956. The number of likely N-dealkylation sites (N-methyl/N-ethyl adjacent to an activating group) is 1. The normalized spacial score (nSPS) is 22.1. The van der Waals surface area contributed by atoms with Gasteiger partial charge in [0.25, 0.3) is 0 Å². The molecule has 0 saturated carbocycles. The first-order valence-corrected chi connectivity index (χ1v) is 5.97. The van der Waals surface area contributed by atoms with Crippen molar-refractivity contribution in [2.24, 2.45) is 0 Å². The number of fused-ring (bicyclic) bond motifs is 1. The predicted octanol–water partition coefficient (Wildman–Crippen LogP) is 3.20. The van der Waals surface area contributed by atoms with Crippen LogP contribution in [0.15, 0.2) is 18.2 Å². The van der Waals surface area contributed by atoms with Crippen molar-refractivity contribution in [3.8, 4) is 5.75 Å². The molecule has 88 valence electrons. The van der Waals surface area contributed by atoms with E-state index in [1.807, 2.05) is 0 Å². The second-order valence-corrected chi connectivity index (χ2v) is 5.07. The molecule has 1 heterocycles. The van der Waals surface area contributed by atoms with E-state index in [1.54, 1.807) is 7.11 Å². The number of benzene rings is 1. The maximum atomic E-state index is 5.32. The Labute approximate surface area is 98.2 Å². The molecule has 1 aromatic rings. The molecule has 0 radical (unpaired) electrons. The minimum atomic E-state index is 0.194. The zero-order chi connectivity index (χ0) is 11.9. The van der Waals surface area contributed by atoms with Crippen molar-refractivity contribution in [2.75, 3.05) is 18.6 Å². The molecule has 0 spiro atoms. The van der Waals surface area contributed by atoms with E-state index >= 15 is 0 Å². The number of hydrogen-bond acceptors (Lipinski definition) is 2. The predicted molar refractivity (Wildman–Crippen MR) is 68.5 cm³/mol. The third-order valence-electron chi connectivity index (χ3n) is 4.06. The SMILES string of the molecule is CCN1c2ccc(OC)cc2C(C)(C)C1C. The molecule has 0 saturated heterocycles. The molecule has 1 atom stereocenters. The van der Waals surface area contributed by atoms with Gasteiger partial charge in [-0.05, 0) is 37.6 Å². The maximum absolute atomic E-state index is 5.32. The van der Waals surface area contributed by atoms with Crippen LogP contribution in [-0.4, -0.2) is 19.7 Å². The fraction of sp³-hybridized carbons (Fsp3) is 0.571. The Morgan fingerprint density at radius 1 is 1.38 bits per heavy atom. The number of nitrogens with zero attached hydrogens (tertiary/aromatic N) is 1. The molecule has 0 N–H and O–H groups in total. The second kappa shape index (κ2) is 3.69. The number of hydrogen-bond donors (Lipinski definition) is 0. The molecule has 0 bridgehead atoms. The van der Waals surface area contributed by atoms with Crippen LogP contribution in [0.25, 0.3) is 0 Å². The summed E-state index contributed by atoms with van der Waals surface area (Å²) >= 11 is 0. The summed E-state index contributed by atoms with van der Waals surface area (Å²) in [6.07, 6.45) is 0. The van der Waals surface area contributed by atoms with E-state index in [1.165, 1.54) is 11.3 Å². The third kappa shape index (κ3) is 1.40. The number of anilines is 1. The Kier molecular flexibility index (Phi) is 2.61. The second-order valence-electron chi connectivity index (χ2n) is 5.07. The fourth-order valence-corrected chi connectivity index (χ4v) is 2.68. The topological polar surface area (TPSA) is 12.5 Å². The minimum Gasteiger partial charge on any atom is -0.497 e. The molecule has 0 fully saturated rings. The van der Waals surface area contributed by atoms with E-state index < -0.39 is 0 Å². The lowest BCUT2D eigenvalue weighted by atomic mass is 9.81. The molecule has 0 amide bonds. The van der Waals surface area contributed by atoms with Gasteiger partial charge in [-0.25, -0.2) is 0 Å². The molecule has 2 heteroatoms. The average Bonchev–Trinajstić information content (AvgIpc) is 2.47. The first-order chi connectivity index (χ1) is 7.52. The van der Waals surface area contributed by atoms with Crippen LogP contribution in [0.3, 0.4) is 0 Å². The van der Waals surface area contributed by atoms with Crippen molar-refractivity contribution in [1.82, 2.24) is 0 Å². The van der Waals surface area contributed by atoms with Gasteiger partial charge in [-0.2, -0.15) is 0 Å². The van der Waals surface area contributed by atoms with Crippen molar-refractivity contribution >= 4 is 5.69 Å². The molecular formula is C14H21NO. The highest BCUT2D eigenvalue weighted by Crippen LogP contribution is 2.46. The van der Waals surface area contributed by atoms with Gasteiger partial charge in [-0.3, -0.25) is 0 Å². The lowest BCUT2D eigenvalue weighted by Gasteiger charge is -2.30. The smallest absolute Gasteiger partial charge is 0.119 e. The van der Waals surface area contributed by atoms with Crippen molar-refractivity contribution in [1.29, 1.82) is 0 Å². The third-order valence-corrected chi connectivity index (χ3v) is 4.06. The zero-order valence-electron chi connectivity index (χ0n) is 10.9. The zero-order valence-corrected chi connectivity index (χ0v) is 10.9. The van der Waals surface area contributed by atoms with Gasteiger partial charge in [0.1, 0.15) is 5.75 Å². The molecule has 1 aliphatic heterocycles. The summed E-state index contributed by atoms with van der Waals surface area (Å²) in [5, 5.41) is 0. The van der Waals surface area contributed by atoms with E-state index in [0.717, 1.165) is 12.3 Å². The van der Waals surface area contributed by atoms with Crippen LogP contribution in [0.5, 0.6) is 5.75 Å². The van der Waals surface area contributed by atoms with Crippen LogP contribution in [0.1, 0.15) is 33.3 Å². The number of rotatable bonds is 2. The molecule has 1 aliphatic rings. The van der Waals surface area contributed by atoms with Crippen LogP contribution < -0.4 is 9.64 Å². The quantitative estimate of drug-likeness (QED) is 0.757. The average molecular weight is 219 g/mol. The Balaban J connectivity index is 2.55. The van der Waals surface area contributed by atoms with Crippen LogP contribution in [0.2, 0.25) is 0 Å². The highest BCUT2D eigenvalue weighted by atomic mass is 16.5. The van der Waals surface area contributed by atoms with Gasteiger partial charge >= 0.3 is 0 Å². The molecule has 1 unspecified atom stereocenters. The van der Waals surface area contributed by atoms with E-state index in [2.05, 4.69) is 50.8 Å². The molecule has 16 heavy (non-hydrogen) atoms. The van der Waals surface area contributed by atoms with Gasteiger partial charge in [-0.15, -0.1) is 0 Å². The van der Waals surface area contributed by atoms with Crippen molar-refractivity contribution in [3.63, 3.8) is 0 Å². The van der Waals surface area contributed by atoms with Gasteiger partial charge < -0.3 is 9.64 Å². The van der Waals surface area contributed by atoms with Gasteiger partial charge in [0.15, 0.2) is 0 Å². The summed E-state index contributed by atoms with van der Waals surface area (Å²) in [6, 6.07) is 6.96. The number of ether oxygens (including phenoxy) is 1. The Morgan fingerprint density at radius 2 is 2.06 bits per heavy atom. The van der Waals surface area contributed by atoms with Gasteiger partial charge in [-0.1, -0.05) is 13.8 Å². The first-order valence-electron chi connectivity index (χ1n) is 5.97. The molecule has 2 nitrogen and oxygen atoms in total. The molecule has 2 rings (SSSR count). The summed E-state index contributed by atoms with van der Waals surface area (Å²) in [5.41, 5.74) is 2.96. The standard InChI is InChI=1S/C14H21NO/c1-6-15-10(2)14(3,4)12-9-11(16-5)7-8-13(12)15/h7-10H,6H2,1-5H3. The van der Waals surface area contributed by atoms with Crippen molar-refractivity contribution in [2.45, 2.75) is 39.2 Å². The lowest BCUT2D eigenvalue weighted by molar-refractivity contribution is 0.410. The maximum Gasteiger partial charge on any atom is 0.119 e. The molecule has 1 aromatic carbocycles.